The second-order valence-electron chi connectivity index (χ2n) is 4.55. The summed E-state index contributed by atoms with van der Waals surface area (Å²) in [5.74, 6) is 0.813. The van der Waals surface area contributed by atoms with Crippen molar-refractivity contribution in [3.63, 3.8) is 0 Å². The Morgan fingerprint density at radius 1 is 1.41 bits per heavy atom. The van der Waals surface area contributed by atoms with Crippen LogP contribution in [0.1, 0.15) is 19.8 Å². The van der Waals surface area contributed by atoms with Crippen LogP contribution in [0.4, 0.5) is 5.69 Å². The molecule has 17 heavy (non-hydrogen) atoms. The average molecular weight is 234 g/mol. The predicted molar refractivity (Wildman–Crippen MR) is 67.3 cm³/mol. The fraction of sp³-hybridized carbons (Fsp3) is 0.462. The zero-order valence-corrected chi connectivity index (χ0v) is 10.2. The number of methoxy groups -OCH3 is 1. The highest BCUT2D eigenvalue weighted by Gasteiger charge is 2.35. The second-order valence-corrected chi connectivity index (χ2v) is 4.55. The molecule has 1 amide bonds. The van der Waals surface area contributed by atoms with Gasteiger partial charge in [0.1, 0.15) is 5.75 Å². The number of hydrogen-bond acceptors (Lipinski definition) is 3. The summed E-state index contributed by atoms with van der Waals surface area (Å²) in [6.07, 6.45) is 1.93. The van der Waals surface area contributed by atoms with E-state index in [2.05, 4.69) is 10.6 Å². The predicted octanol–water partition coefficient (Wildman–Crippen LogP) is 1.78. The molecular formula is C13H18N2O2. The number of nitrogens with one attached hydrogen (secondary N) is 2. The van der Waals surface area contributed by atoms with E-state index in [1.165, 1.54) is 0 Å². The van der Waals surface area contributed by atoms with Crippen LogP contribution in [0.5, 0.6) is 5.75 Å². The van der Waals surface area contributed by atoms with Crippen molar-refractivity contribution in [2.75, 3.05) is 19.0 Å². The van der Waals surface area contributed by atoms with Gasteiger partial charge in [-0.1, -0.05) is 0 Å². The largest absolute Gasteiger partial charge is 0.497 e. The second kappa shape index (κ2) is 4.75. The average Bonchev–Trinajstić information content (AvgIpc) is 2.78. The van der Waals surface area contributed by atoms with Gasteiger partial charge in [-0.15, -0.1) is 0 Å². The fourth-order valence-electron chi connectivity index (χ4n) is 2.03. The molecule has 1 heterocycles. The number of hydrogen-bond donors (Lipinski definition) is 2. The van der Waals surface area contributed by atoms with Crippen LogP contribution in [-0.4, -0.2) is 25.1 Å². The number of ether oxygens (including phenoxy) is 1. The van der Waals surface area contributed by atoms with Gasteiger partial charge in [-0.05, 0) is 50.6 Å². The Hall–Kier alpha value is -1.55. The lowest BCUT2D eigenvalue weighted by molar-refractivity contribution is -0.121. The van der Waals surface area contributed by atoms with E-state index in [9.17, 15) is 4.79 Å². The zero-order valence-electron chi connectivity index (χ0n) is 10.2. The molecule has 92 valence electrons. The monoisotopic (exact) mass is 234 g/mol. The first kappa shape index (κ1) is 11.9. The molecule has 1 aliphatic heterocycles. The highest BCUT2D eigenvalue weighted by molar-refractivity contribution is 5.98. The van der Waals surface area contributed by atoms with Gasteiger partial charge in [0.25, 0.3) is 0 Å². The van der Waals surface area contributed by atoms with Crippen molar-refractivity contribution in [1.29, 1.82) is 0 Å². The number of rotatable bonds is 3. The Morgan fingerprint density at radius 3 is 2.65 bits per heavy atom. The molecule has 0 bridgehead atoms. The van der Waals surface area contributed by atoms with E-state index in [0.717, 1.165) is 30.8 Å². The van der Waals surface area contributed by atoms with Crippen LogP contribution in [-0.2, 0) is 4.79 Å². The van der Waals surface area contributed by atoms with Gasteiger partial charge in [0.15, 0.2) is 0 Å². The highest BCUT2D eigenvalue weighted by Crippen LogP contribution is 2.21. The maximum Gasteiger partial charge on any atom is 0.244 e. The van der Waals surface area contributed by atoms with Gasteiger partial charge in [-0.3, -0.25) is 4.79 Å². The number of benzene rings is 1. The van der Waals surface area contributed by atoms with E-state index < -0.39 is 5.54 Å². The molecule has 1 saturated heterocycles. The minimum Gasteiger partial charge on any atom is -0.497 e. The van der Waals surface area contributed by atoms with E-state index >= 15 is 0 Å². The summed E-state index contributed by atoms with van der Waals surface area (Å²) < 4.78 is 5.07. The van der Waals surface area contributed by atoms with Gasteiger partial charge in [0.05, 0.1) is 12.6 Å². The summed E-state index contributed by atoms with van der Waals surface area (Å²) in [5, 5.41) is 6.16. The Kier molecular flexibility index (Phi) is 3.33. The molecular weight excluding hydrogens is 216 g/mol. The van der Waals surface area contributed by atoms with Crippen LogP contribution in [0, 0.1) is 0 Å². The van der Waals surface area contributed by atoms with Gasteiger partial charge < -0.3 is 15.4 Å². The lowest BCUT2D eigenvalue weighted by Gasteiger charge is -2.23. The Balaban J connectivity index is 2.02. The Bertz CT molecular complexity index is 394. The standard InChI is InChI=1S/C13H18N2O2/c1-13(8-3-9-14-13)12(16)15-10-4-6-11(17-2)7-5-10/h4-7,14H,3,8-9H2,1-2H3,(H,15,16). The van der Waals surface area contributed by atoms with Crippen LogP contribution in [0.25, 0.3) is 0 Å². The molecule has 0 aliphatic carbocycles. The fourth-order valence-corrected chi connectivity index (χ4v) is 2.03. The molecule has 2 rings (SSSR count). The van der Waals surface area contributed by atoms with Crippen LogP contribution >= 0.6 is 0 Å². The molecule has 1 aromatic rings. The summed E-state index contributed by atoms with van der Waals surface area (Å²) in [6.45, 7) is 2.85. The van der Waals surface area contributed by atoms with Crippen molar-refractivity contribution < 1.29 is 9.53 Å². The first-order chi connectivity index (χ1) is 8.14. The summed E-state index contributed by atoms with van der Waals surface area (Å²) in [7, 11) is 1.62. The van der Waals surface area contributed by atoms with Gasteiger partial charge in [-0.2, -0.15) is 0 Å². The highest BCUT2D eigenvalue weighted by atomic mass is 16.5. The van der Waals surface area contributed by atoms with E-state index in [4.69, 9.17) is 4.74 Å². The summed E-state index contributed by atoms with van der Waals surface area (Å²) in [4.78, 5) is 12.1. The third kappa shape index (κ3) is 2.58. The van der Waals surface area contributed by atoms with Gasteiger partial charge in [-0.25, -0.2) is 0 Å². The van der Waals surface area contributed by atoms with Crippen molar-refractivity contribution in [3.8, 4) is 5.75 Å². The minimum absolute atomic E-state index is 0.0279. The van der Waals surface area contributed by atoms with Crippen molar-refractivity contribution in [1.82, 2.24) is 5.32 Å². The van der Waals surface area contributed by atoms with E-state index in [1.807, 2.05) is 31.2 Å². The first-order valence-electron chi connectivity index (χ1n) is 5.84. The molecule has 0 aromatic heterocycles. The number of amides is 1. The van der Waals surface area contributed by atoms with E-state index in [0.29, 0.717) is 0 Å². The number of carbonyl (C=O) groups is 1. The summed E-state index contributed by atoms with van der Waals surface area (Å²) in [6, 6.07) is 7.35. The Morgan fingerprint density at radius 2 is 2.12 bits per heavy atom. The van der Waals surface area contributed by atoms with Crippen LogP contribution in [0.3, 0.4) is 0 Å². The van der Waals surface area contributed by atoms with E-state index in [1.54, 1.807) is 7.11 Å². The number of carbonyl (C=O) groups excluding carboxylic acids is 1. The third-order valence-corrected chi connectivity index (χ3v) is 3.22. The van der Waals surface area contributed by atoms with Crippen molar-refractivity contribution in [2.45, 2.75) is 25.3 Å². The third-order valence-electron chi connectivity index (χ3n) is 3.22. The molecule has 1 aromatic carbocycles. The summed E-state index contributed by atoms with van der Waals surface area (Å²) >= 11 is 0. The van der Waals surface area contributed by atoms with Crippen molar-refractivity contribution in [2.24, 2.45) is 0 Å². The van der Waals surface area contributed by atoms with Crippen molar-refractivity contribution >= 4 is 11.6 Å². The lowest BCUT2D eigenvalue weighted by atomic mass is 9.99. The molecule has 0 radical (unpaired) electrons. The minimum atomic E-state index is -0.431. The molecule has 2 N–H and O–H groups in total. The number of anilines is 1. The van der Waals surface area contributed by atoms with Gasteiger partial charge in [0.2, 0.25) is 5.91 Å². The Labute approximate surface area is 101 Å². The molecule has 0 spiro atoms. The smallest absolute Gasteiger partial charge is 0.244 e. The molecule has 1 atom stereocenters. The molecule has 4 heteroatoms. The van der Waals surface area contributed by atoms with Crippen LogP contribution < -0.4 is 15.4 Å². The maximum absolute atomic E-state index is 12.1. The molecule has 1 fully saturated rings. The van der Waals surface area contributed by atoms with Gasteiger partial charge in [0, 0.05) is 5.69 Å². The molecule has 0 saturated carbocycles. The zero-order chi connectivity index (χ0) is 12.3. The molecule has 1 unspecified atom stereocenters. The van der Waals surface area contributed by atoms with Gasteiger partial charge >= 0.3 is 0 Å². The van der Waals surface area contributed by atoms with Crippen LogP contribution in [0.2, 0.25) is 0 Å². The molecule has 1 aliphatic rings. The first-order valence-corrected chi connectivity index (χ1v) is 5.84. The SMILES string of the molecule is COc1ccc(NC(=O)C2(C)CCCN2)cc1. The maximum atomic E-state index is 12.1. The van der Waals surface area contributed by atoms with Crippen molar-refractivity contribution in [3.05, 3.63) is 24.3 Å². The van der Waals surface area contributed by atoms with E-state index in [-0.39, 0.29) is 5.91 Å². The molecule has 4 nitrogen and oxygen atoms in total. The summed E-state index contributed by atoms with van der Waals surface area (Å²) in [5.41, 5.74) is 0.366. The van der Waals surface area contributed by atoms with Crippen LogP contribution in [0.15, 0.2) is 24.3 Å². The quantitative estimate of drug-likeness (QED) is 0.838. The normalized spacial score (nSPS) is 23.4. The topological polar surface area (TPSA) is 50.4 Å². The lowest BCUT2D eigenvalue weighted by Crippen LogP contribution is -2.47.